The molecule has 0 atom stereocenters. The molecule has 3 aromatic rings. The molecule has 0 N–H and O–H groups in total. The van der Waals surface area contributed by atoms with Crippen LogP contribution in [0.5, 0.6) is 0 Å². The van der Waals surface area contributed by atoms with Gasteiger partial charge in [0.2, 0.25) is 5.43 Å². The average Bonchev–Trinajstić information content (AvgIpc) is 3.16. The number of benzene rings is 1. The number of pyridine rings is 2. The molecule has 1 aromatic carbocycles. The number of hydrogen-bond donors (Lipinski definition) is 0. The average molecular weight is 405 g/mol. The number of carbonyl (C=O) groups is 1. The molecule has 9 heteroatoms. The Kier molecular flexibility index (Phi) is 4.60. The molecule has 0 radical (unpaired) electrons. The Morgan fingerprint density at radius 3 is 2.21 bits per heavy atom. The lowest BCUT2D eigenvalue weighted by Gasteiger charge is -2.19. The van der Waals surface area contributed by atoms with Crippen molar-refractivity contribution >= 4 is 22.6 Å². The second-order valence-electron chi connectivity index (χ2n) is 6.88. The summed E-state index contributed by atoms with van der Waals surface area (Å²) >= 11 is 0. The van der Waals surface area contributed by atoms with E-state index in [4.69, 9.17) is 0 Å². The van der Waals surface area contributed by atoms with Gasteiger partial charge in [-0.05, 0) is 25.8 Å². The lowest BCUT2D eigenvalue weighted by molar-refractivity contribution is 0.101. The predicted molar refractivity (Wildman–Crippen MR) is 98.6 cm³/mol. The molecule has 1 saturated heterocycles. The minimum absolute atomic E-state index is 0.0540. The van der Waals surface area contributed by atoms with Gasteiger partial charge in [-0.1, -0.05) is 0 Å². The van der Waals surface area contributed by atoms with Gasteiger partial charge in [-0.2, -0.15) is 0 Å². The summed E-state index contributed by atoms with van der Waals surface area (Å²) < 4.78 is 57.8. The summed E-state index contributed by atoms with van der Waals surface area (Å²) in [5.74, 6) is -5.13. The van der Waals surface area contributed by atoms with E-state index < -0.39 is 45.7 Å². The van der Waals surface area contributed by atoms with Gasteiger partial charge >= 0.3 is 0 Å². The van der Waals surface area contributed by atoms with Crippen LogP contribution < -0.4 is 10.3 Å². The topological polar surface area (TPSA) is 55.2 Å². The van der Waals surface area contributed by atoms with Crippen LogP contribution in [0.4, 0.5) is 23.4 Å². The van der Waals surface area contributed by atoms with Gasteiger partial charge in [0.25, 0.3) is 0 Å². The maximum atomic E-state index is 14.7. The number of hydrogen-bond acceptors (Lipinski definition) is 4. The molecule has 2 aromatic heterocycles. The zero-order valence-electron chi connectivity index (χ0n) is 15.3. The van der Waals surface area contributed by atoms with Crippen molar-refractivity contribution in [3.05, 3.63) is 63.5 Å². The van der Waals surface area contributed by atoms with Gasteiger partial charge in [-0.25, -0.2) is 22.5 Å². The largest absolute Gasteiger partial charge is 0.354 e. The molecule has 0 unspecified atom stereocenters. The molecule has 0 bridgehead atoms. The molecule has 5 nitrogen and oxygen atoms in total. The van der Waals surface area contributed by atoms with Gasteiger partial charge in [0, 0.05) is 31.4 Å². The number of fused-ring (bicyclic) bond motifs is 1. The van der Waals surface area contributed by atoms with Crippen molar-refractivity contribution in [2.75, 3.05) is 18.0 Å². The van der Waals surface area contributed by atoms with Crippen molar-refractivity contribution in [2.24, 2.45) is 0 Å². The SMILES string of the molecule is CC(=O)c1cn(-c2c(F)cc(F)cc2F)c2nc(N3CCCC3)c(F)cc2c1=O. The van der Waals surface area contributed by atoms with E-state index in [0.29, 0.717) is 25.2 Å². The van der Waals surface area contributed by atoms with Crippen LogP contribution in [-0.4, -0.2) is 28.4 Å². The maximum Gasteiger partial charge on any atom is 0.201 e. The quantitative estimate of drug-likeness (QED) is 0.492. The Morgan fingerprint density at radius 2 is 1.62 bits per heavy atom. The second-order valence-corrected chi connectivity index (χ2v) is 6.88. The molecule has 1 fully saturated rings. The highest BCUT2D eigenvalue weighted by atomic mass is 19.1. The summed E-state index contributed by atoms with van der Waals surface area (Å²) in [7, 11) is 0. The molecule has 0 aliphatic carbocycles. The van der Waals surface area contributed by atoms with E-state index in [2.05, 4.69) is 4.98 Å². The van der Waals surface area contributed by atoms with Crippen LogP contribution in [0.2, 0.25) is 0 Å². The molecular weight excluding hydrogens is 390 g/mol. The van der Waals surface area contributed by atoms with Crippen molar-refractivity contribution < 1.29 is 22.4 Å². The third-order valence-corrected chi connectivity index (χ3v) is 4.92. The van der Waals surface area contributed by atoms with Gasteiger partial charge in [-0.3, -0.25) is 14.2 Å². The second kappa shape index (κ2) is 6.98. The van der Waals surface area contributed by atoms with Crippen LogP contribution in [0, 0.1) is 23.3 Å². The number of Topliss-reactive ketones (excluding diaryl/α,β-unsaturated/α-hetero) is 1. The van der Waals surface area contributed by atoms with Gasteiger partial charge in [0.05, 0.1) is 10.9 Å². The predicted octanol–water partition coefficient (Wildman–Crippen LogP) is 3.74. The smallest absolute Gasteiger partial charge is 0.201 e. The van der Waals surface area contributed by atoms with Crippen LogP contribution in [0.3, 0.4) is 0 Å². The highest BCUT2D eigenvalue weighted by Gasteiger charge is 2.24. The van der Waals surface area contributed by atoms with Crippen molar-refractivity contribution in [1.29, 1.82) is 0 Å². The monoisotopic (exact) mass is 405 g/mol. The highest BCUT2D eigenvalue weighted by molar-refractivity contribution is 5.97. The van der Waals surface area contributed by atoms with Crippen LogP contribution in [0.25, 0.3) is 16.7 Å². The summed E-state index contributed by atoms with van der Waals surface area (Å²) in [4.78, 5) is 30.4. The van der Waals surface area contributed by atoms with Crippen molar-refractivity contribution in [1.82, 2.24) is 9.55 Å². The van der Waals surface area contributed by atoms with Gasteiger partial charge < -0.3 is 4.90 Å². The fraction of sp³-hybridized carbons (Fsp3) is 0.250. The Hall–Kier alpha value is -3.23. The summed E-state index contributed by atoms with van der Waals surface area (Å²) in [6.07, 6.45) is 2.61. The van der Waals surface area contributed by atoms with Gasteiger partial charge in [0.15, 0.2) is 34.7 Å². The van der Waals surface area contributed by atoms with E-state index in [0.717, 1.165) is 36.6 Å². The number of ketones is 1. The maximum absolute atomic E-state index is 14.7. The molecule has 0 saturated carbocycles. The third kappa shape index (κ3) is 3.16. The fourth-order valence-electron chi connectivity index (χ4n) is 3.55. The minimum atomic E-state index is -1.25. The normalized spacial score (nSPS) is 14.0. The number of anilines is 1. The lowest BCUT2D eigenvalue weighted by Crippen LogP contribution is -2.23. The number of carbonyl (C=O) groups excluding carboxylic acids is 1. The van der Waals surface area contributed by atoms with E-state index in [-0.39, 0.29) is 16.9 Å². The van der Waals surface area contributed by atoms with E-state index in [1.807, 2.05) is 0 Å². The van der Waals surface area contributed by atoms with E-state index in [1.54, 1.807) is 4.90 Å². The first-order valence-corrected chi connectivity index (χ1v) is 8.94. The Morgan fingerprint density at radius 1 is 1.00 bits per heavy atom. The molecular formula is C20H15F4N3O2. The molecule has 3 heterocycles. The van der Waals surface area contributed by atoms with Crippen LogP contribution in [0.15, 0.2) is 29.2 Å². The number of rotatable bonds is 3. The van der Waals surface area contributed by atoms with E-state index in [9.17, 15) is 27.2 Å². The molecule has 4 rings (SSSR count). The first-order chi connectivity index (χ1) is 13.8. The first kappa shape index (κ1) is 19.1. The Bertz CT molecular complexity index is 1190. The molecule has 0 amide bonds. The molecule has 0 spiro atoms. The summed E-state index contributed by atoms with van der Waals surface area (Å²) in [5.41, 5.74) is -2.14. The number of aromatic nitrogens is 2. The van der Waals surface area contributed by atoms with Crippen LogP contribution in [-0.2, 0) is 0 Å². The van der Waals surface area contributed by atoms with Crippen molar-refractivity contribution in [2.45, 2.75) is 19.8 Å². The van der Waals surface area contributed by atoms with Gasteiger partial charge in [0.1, 0.15) is 11.5 Å². The van der Waals surface area contributed by atoms with Gasteiger partial charge in [-0.15, -0.1) is 0 Å². The summed E-state index contributed by atoms with van der Waals surface area (Å²) in [5, 5.41) is -0.304. The Balaban J connectivity index is 2.12. The molecule has 1 aliphatic rings. The number of nitrogens with zero attached hydrogens (tertiary/aromatic N) is 3. The van der Waals surface area contributed by atoms with Crippen molar-refractivity contribution in [3.8, 4) is 5.69 Å². The Labute approximate surface area is 162 Å². The van der Waals surface area contributed by atoms with Crippen LogP contribution >= 0.6 is 0 Å². The third-order valence-electron chi connectivity index (χ3n) is 4.92. The van der Waals surface area contributed by atoms with E-state index >= 15 is 0 Å². The standard InChI is InChI=1S/C20H15F4N3O2/c1-10(28)13-9-27(17-14(22)6-11(21)7-15(17)23)19-12(18(13)29)8-16(24)20(25-19)26-4-2-3-5-26/h6-9H,2-5H2,1H3. The zero-order chi connectivity index (χ0) is 20.9. The summed E-state index contributed by atoms with van der Waals surface area (Å²) in [6, 6.07) is 1.86. The van der Waals surface area contributed by atoms with Crippen molar-refractivity contribution in [3.63, 3.8) is 0 Å². The lowest BCUT2D eigenvalue weighted by atomic mass is 10.1. The van der Waals surface area contributed by atoms with Crippen LogP contribution in [0.1, 0.15) is 30.1 Å². The molecule has 29 heavy (non-hydrogen) atoms. The zero-order valence-corrected chi connectivity index (χ0v) is 15.3. The minimum Gasteiger partial charge on any atom is -0.354 e. The van der Waals surface area contributed by atoms with E-state index in [1.165, 1.54) is 0 Å². The first-order valence-electron chi connectivity index (χ1n) is 8.94. The number of halogens is 4. The highest BCUT2D eigenvalue weighted by Crippen LogP contribution is 2.28. The fourth-order valence-corrected chi connectivity index (χ4v) is 3.55. The molecule has 150 valence electrons. The summed E-state index contributed by atoms with van der Waals surface area (Å²) in [6.45, 7) is 2.20. The molecule has 1 aliphatic heterocycles.